The van der Waals surface area contributed by atoms with E-state index in [4.69, 9.17) is 4.74 Å². The van der Waals surface area contributed by atoms with Crippen LogP contribution in [0.15, 0.2) is 24.3 Å². The number of unbranched alkanes of at least 4 members (excludes halogenated alkanes) is 46. The summed E-state index contributed by atoms with van der Waals surface area (Å²) in [6, 6.07) is -0.647. The molecule has 3 N–H and O–H groups in total. The highest BCUT2D eigenvalue weighted by atomic mass is 16.5. The van der Waals surface area contributed by atoms with Gasteiger partial charge in [0.1, 0.15) is 0 Å². The van der Waals surface area contributed by atoms with E-state index < -0.39 is 12.1 Å². The summed E-state index contributed by atoms with van der Waals surface area (Å²) in [6.07, 6.45) is 73.6. The van der Waals surface area contributed by atoms with Gasteiger partial charge in [-0.3, -0.25) is 9.59 Å². The van der Waals surface area contributed by atoms with E-state index in [1.807, 2.05) is 6.08 Å². The Bertz CT molecular complexity index is 1090. The highest BCUT2D eigenvalue weighted by Gasteiger charge is 2.18. The molecule has 414 valence electrons. The van der Waals surface area contributed by atoms with Crippen LogP contribution in [0, 0.1) is 0 Å². The average Bonchev–Trinajstić information content (AvgIpc) is 3.36. The summed E-state index contributed by atoms with van der Waals surface area (Å²) in [7, 11) is 0. The molecule has 0 radical (unpaired) electrons. The highest BCUT2D eigenvalue weighted by Crippen LogP contribution is 2.18. The summed E-state index contributed by atoms with van der Waals surface area (Å²) in [5, 5.41) is 23.2. The van der Waals surface area contributed by atoms with Gasteiger partial charge in [-0.1, -0.05) is 295 Å². The molecular weight excluding hydrogens is 863 g/mol. The van der Waals surface area contributed by atoms with Gasteiger partial charge in [0.05, 0.1) is 25.4 Å². The first kappa shape index (κ1) is 68.3. The SMILES string of the molecule is CCCCCCCCCCCCCCCCCCCCCCCC/C=C/C(O)C(CO)NC(=O)CCCCCCC/C=C\CCCCCOC(=O)CCCCCCCCCCCCCCCCCCC. The van der Waals surface area contributed by atoms with Gasteiger partial charge in [0.15, 0.2) is 0 Å². The third-order valence-corrected chi connectivity index (χ3v) is 14.7. The van der Waals surface area contributed by atoms with E-state index in [9.17, 15) is 19.8 Å². The molecular formula is C64H123NO5. The van der Waals surface area contributed by atoms with Crippen molar-refractivity contribution in [3.8, 4) is 0 Å². The Hall–Kier alpha value is -1.66. The van der Waals surface area contributed by atoms with E-state index >= 15 is 0 Å². The van der Waals surface area contributed by atoms with Crippen LogP contribution in [0.2, 0.25) is 0 Å². The van der Waals surface area contributed by atoms with Gasteiger partial charge < -0.3 is 20.3 Å². The molecule has 0 aromatic heterocycles. The maximum atomic E-state index is 12.5. The number of hydrogen-bond donors (Lipinski definition) is 3. The zero-order chi connectivity index (χ0) is 50.7. The molecule has 0 bridgehead atoms. The van der Waals surface area contributed by atoms with Crippen LogP contribution in [0.25, 0.3) is 0 Å². The minimum absolute atomic E-state index is 0.0195. The Morgan fingerprint density at radius 3 is 1.01 bits per heavy atom. The number of carbonyl (C=O) groups excluding carboxylic acids is 2. The molecule has 2 unspecified atom stereocenters. The first-order chi connectivity index (χ1) is 34.5. The van der Waals surface area contributed by atoms with Gasteiger partial charge in [-0.25, -0.2) is 0 Å². The topological polar surface area (TPSA) is 95.9 Å². The molecule has 1 amide bonds. The van der Waals surface area contributed by atoms with Crippen molar-refractivity contribution >= 4 is 11.9 Å². The molecule has 0 fully saturated rings. The van der Waals surface area contributed by atoms with Crippen molar-refractivity contribution in [3.63, 3.8) is 0 Å². The largest absolute Gasteiger partial charge is 0.466 e. The first-order valence-corrected chi connectivity index (χ1v) is 31.6. The van der Waals surface area contributed by atoms with Crippen molar-refractivity contribution in [3.05, 3.63) is 24.3 Å². The normalized spacial score (nSPS) is 12.7. The number of aliphatic hydroxyl groups is 2. The van der Waals surface area contributed by atoms with E-state index in [-0.39, 0.29) is 18.5 Å². The second-order valence-corrected chi connectivity index (χ2v) is 21.7. The van der Waals surface area contributed by atoms with Gasteiger partial charge in [0.2, 0.25) is 5.91 Å². The smallest absolute Gasteiger partial charge is 0.305 e. The van der Waals surface area contributed by atoms with Crippen molar-refractivity contribution in [2.24, 2.45) is 0 Å². The van der Waals surface area contributed by atoms with Crippen molar-refractivity contribution in [2.75, 3.05) is 13.2 Å². The number of ether oxygens (including phenoxy) is 1. The lowest BCUT2D eigenvalue weighted by Crippen LogP contribution is -2.45. The minimum atomic E-state index is -0.862. The molecule has 0 saturated heterocycles. The molecule has 0 aromatic rings. The number of carbonyl (C=O) groups is 2. The third-order valence-electron chi connectivity index (χ3n) is 14.7. The molecule has 0 aliphatic heterocycles. The minimum Gasteiger partial charge on any atom is -0.466 e. The maximum Gasteiger partial charge on any atom is 0.305 e. The number of amides is 1. The van der Waals surface area contributed by atoms with Gasteiger partial charge in [0.25, 0.3) is 0 Å². The average molecular weight is 987 g/mol. The van der Waals surface area contributed by atoms with Crippen LogP contribution < -0.4 is 5.32 Å². The van der Waals surface area contributed by atoms with Crippen molar-refractivity contribution in [1.29, 1.82) is 0 Å². The second-order valence-electron chi connectivity index (χ2n) is 21.7. The summed E-state index contributed by atoms with van der Waals surface area (Å²) in [4.78, 5) is 24.6. The van der Waals surface area contributed by atoms with Crippen LogP contribution in [-0.4, -0.2) is 47.4 Å². The maximum absolute atomic E-state index is 12.5. The van der Waals surface area contributed by atoms with Crippen LogP contribution >= 0.6 is 0 Å². The molecule has 70 heavy (non-hydrogen) atoms. The van der Waals surface area contributed by atoms with E-state index in [1.54, 1.807) is 6.08 Å². The van der Waals surface area contributed by atoms with Gasteiger partial charge in [0, 0.05) is 12.8 Å². The first-order valence-electron chi connectivity index (χ1n) is 31.6. The Labute approximate surface area is 437 Å². The van der Waals surface area contributed by atoms with E-state index in [2.05, 4.69) is 31.3 Å². The van der Waals surface area contributed by atoms with E-state index in [0.717, 1.165) is 77.0 Å². The number of aliphatic hydroxyl groups excluding tert-OH is 2. The fraction of sp³-hybridized carbons (Fsp3) is 0.906. The lowest BCUT2D eigenvalue weighted by Gasteiger charge is -2.20. The zero-order valence-corrected chi connectivity index (χ0v) is 47.3. The number of hydrogen-bond acceptors (Lipinski definition) is 5. The molecule has 0 aliphatic rings. The van der Waals surface area contributed by atoms with Crippen LogP contribution in [-0.2, 0) is 14.3 Å². The molecule has 0 rings (SSSR count). The van der Waals surface area contributed by atoms with Crippen LogP contribution in [0.5, 0.6) is 0 Å². The summed E-state index contributed by atoms with van der Waals surface area (Å²) < 4.78 is 5.47. The highest BCUT2D eigenvalue weighted by molar-refractivity contribution is 5.76. The zero-order valence-electron chi connectivity index (χ0n) is 47.3. The van der Waals surface area contributed by atoms with Crippen LogP contribution in [0.1, 0.15) is 348 Å². The second kappa shape index (κ2) is 59.9. The van der Waals surface area contributed by atoms with E-state index in [0.29, 0.717) is 19.4 Å². The Morgan fingerprint density at radius 2 is 0.671 bits per heavy atom. The summed E-state index contributed by atoms with van der Waals surface area (Å²) in [5.74, 6) is -0.109. The van der Waals surface area contributed by atoms with Crippen molar-refractivity contribution < 1.29 is 24.5 Å². The summed E-state index contributed by atoms with van der Waals surface area (Å²) in [6.45, 7) is 4.88. The van der Waals surface area contributed by atoms with Gasteiger partial charge in [-0.2, -0.15) is 0 Å². The fourth-order valence-corrected chi connectivity index (χ4v) is 9.87. The Kier molecular flexibility index (Phi) is 58.5. The molecule has 0 aromatic carbocycles. The predicted octanol–water partition coefficient (Wildman–Crippen LogP) is 19.8. The van der Waals surface area contributed by atoms with Gasteiger partial charge in [-0.05, 0) is 64.2 Å². The van der Waals surface area contributed by atoms with Crippen LogP contribution in [0.4, 0.5) is 0 Å². The van der Waals surface area contributed by atoms with Crippen molar-refractivity contribution in [2.45, 2.75) is 360 Å². The predicted molar refractivity (Wildman–Crippen MR) is 306 cm³/mol. The lowest BCUT2D eigenvalue weighted by molar-refractivity contribution is -0.143. The Morgan fingerprint density at radius 1 is 0.386 bits per heavy atom. The number of rotatable bonds is 59. The molecule has 6 heteroatoms. The molecule has 0 heterocycles. The monoisotopic (exact) mass is 986 g/mol. The number of esters is 1. The standard InChI is InChI=1S/C64H123NO5/c1-3-5-7-9-11-13-15-17-19-21-22-23-24-25-26-27-29-30-32-36-40-44-48-52-56-62(67)61(60-66)65-63(68)57-53-49-45-41-37-34-35-39-43-47-51-55-59-70-64(69)58-54-50-46-42-38-33-31-28-20-18-16-14-12-10-8-6-4-2/h35,39,52,56,61-62,66-67H,3-34,36-38,40-51,53-55,57-60H2,1-2H3,(H,65,68)/b39-35-,56-52+. The molecule has 6 nitrogen and oxygen atoms in total. The molecule has 2 atom stereocenters. The number of allylic oxidation sites excluding steroid dienone is 3. The van der Waals surface area contributed by atoms with Crippen LogP contribution in [0.3, 0.4) is 0 Å². The third kappa shape index (κ3) is 55.7. The molecule has 0 spiro atoms. The van der Waals surface area contributed by atoms with Gasteiger partial charge in [-0.15, -0.1) is 0 Å². The van der Waals surface area contributed by atoms with Gasteiger partial charge >= 0.3 is 5.97 Å². The van der Waals surface area contributed by atoms with E-state index in [1.165, 1.54) is 244 Å². The summed E-state index contributed by atoms with van der Waals surface area (Å²) >= 11 is 0. The number of nitrogens with one attached hydrogen (secondary N) is 1. The fourth-order valence-electron chi connectivity index (χ4n) is 9.87. The summed E-state index contributed by atoms with van der Waals surface area (Å²) in [5.41, 5.74) is 0. The lowest BCUT2D eigenvalue weighted by atomic mass is 10.0. The molecule has 0 aliphatic carbocycles. The Balaban J connectivity index is 3.50. The quantitative estimate of drug-likeness (QED) is 0.0321. The molecule has 0 saturated carbocycles. The van der Waals surface area contributed by atoms with Crippen molar-refractivity contribution in [1.82, 2.24) is 5.32 Å².